The Bertz CT molecular complexity index is 440. The van der Waals surface area contributed by atoms with E-state index in [1.54, 1.807) is 0 Å². The molecule has 0 amide bonds. The molecule has 0 saturated heterocycles. The Balaban J connectivity index is 2.03. The SMILES string of the molecule is C=CC(=O)OCCC[n+]1ccn(CCCCCCCCCC)c1. The van der Waals surface area contributed by atoms with Crippen molar-refractivity contribution in [3.8, 4) is 0 Å². The number of aromatic nitrogens is 2. The number of imidazole rings is 1. The molecule has 0 spiro atoms. The van der Waals surface area contributed by atoms with Crippen LogP contribution in [0.5, 0.6) is 0 Å². The Morgan fingerprint density at radius 1 is 1.13 bits per heavy atom. The molecule has 1 aromatic heterocycles. The standard InChI is InChI=1S/C19H33N2O2/c1-3-5-6-7-8-9-10-11-13-20-15-16-21(18-20)14-12-17-23-19(22)4-2/h4,15-16,18H,2-3,5-14,17H2,1H3/q+1. The molecule has 4 heteroatoms. The molecule has 0 aliphatic rings. The summed E-state index contributed by atoms with van der Waals surface area (Å²) in [6, 6.07) is 0. The Morgan fingerprint density at radius 3 is 2.52 bits per heavy atom. The number of carbonyl (C=O) groups is 1. The van der Waals surface area contributed by atoms with Crippen LogP contribution in [0.4, 0.5) is 0 Å². The predicted octanol–water partition coefficient (Wildman–Crippen LogP) is 4.04. The van der Waals surface area contributed by atoms with Gasteiger partial charge >= 0.3 is 5.97 Å². The maximum atomic E-state index is 10.9. The summed E-state index contributed by atoms with van der Waals surface area (Å²) in [5, 5.41) is 0. The number of ether oxygens (including phenoxy) is 1. The number of carbonyl (C=O) groups excluding carboxylic acids is 1. The highest BCUT2D eigenvalue weighted by molar-refractivity contribution is 5.81. The molecule has 0 aliphatic carbocycles. The third-order valence-electron chi connectivity index (χ3n) is 3.99. The zero-order valence-corrected chi connectivity index (χ0v) is 14.7. The molecule has 0 unspecified atom stereocenters. The van der Waals surface area contributed by atoms with Crippen LogP contribution in [0.1, 0.15) is 64.7 Å². The molecule has 0 saturated carbocycles. The second kappa shape index (κ2) is 12.9. The fourth-order valence-corrected chi connectivity index (χ4v) is 2.61. The van der Waals surface area contributed by atoms with Crippen molar-refractivity contribution in [2.24, 2.45) is 0 Å². The summed E-state index contributed by atoms with van der Waals surface area (Å²) in [5.41, 5.74) is 0. The number of nitrogens with zero attached hydrogens (tertiary/aromatic N) is 2. The quantitative estimate of drug-likeness (QED) is 0.224. The highest BCUT2D eigenvalue weighted by atomic mass is 16.5. The molecule has 23 heavy (non-hydrogen) atoms. The fourth-order valence-electron chi connectivity index (χ4n) is 2.61. The van der Waals surface area contributed by atoms with Crippen LogP contribution in [0.25, 0.3) is 0 Å². The molecule has 0 fully saturated rings. The lowest BCUT2D eigenvalue weighted by Gasteiger charge is -2.01. The van der Waals surface area contributed by atoms with Crippen LogP contribution in [0.15, 0.2) is 31.4 Å². The maximum Gasteiger partial charge on any atom is 0.330 e. The van der Waals surface area contributed by atoms with E-state index < -0.39 is 0 Å². The van der Waals surface area contributed by atoms with Gasteiger partial charge in [-0.05, 0) is 12.8 Å². The predicted molar refractivity (Wildman–Crippen MR) is 93.0 cm³/mol. The number of rotatable bonds is 14. The van der Waals surface area contributed by atoms with Crippen LogP contribution in [0.2, 0.25) is 0 Å². The molecule has 0 radical (unpaired) electrons. The van der Waals surface area contributed by atoms with Crippen LogP contribution in [0, 0.1) is 0 Å². The van der Waals surface area contributed by atoms with Crippen LogP contribution in [-0.4, -0.2) is 17.1 Å². The third-order valence-corrected chi connectivity index (χ3v) is 3.99. The minimum Gasteiger partial charge on any atom is -0.462 e. The first-order valence-electron chi connectivity index (χ1n) is 9.10. The van der Waals surface area contributed by atoms with E-state index in [0.717, 1.165) is 19.5 Å². The number of unbranched alkanes of at least 4 members (excludes halogenated alkanes) is 7. The van der Waals surface area contributed by atoms with E-state index in [1.165, 1.54) is 57.4 Å². The first-order valence-corrected chi connectivity index (χ1v) is 9.10. The van der Waals surface area contributed by atoms with Gasteiger partial charge < -0.3 is 4.74 Å². The summed E-state index contributed by atoms with van der Waals surface area (Å²) >= 11 is 0. The Labute approximate surface area is 141 Å². The van der Waals surface area contributed by atoms with Crippen molar-refractivity contribution in [2.45, 2.75) is 77.8 Å². The highest BCUT2D eigenvalue weighted by Crippen LogP contribution is 2.08. The molecule has 0 aromatic carbocycles. The normalized spacial score (nSPS) is 10.7. The molecule has 1 rings (SSSR count). The third kappa shape index (κ3) is 9.93. The first-order chi connectivity index (χ1) is 11.3. The number of hydrogen-bond donors (Lipinski definition) is 0. The molecule has 0 N–H and O–H groups in total. The number of aryl methyl sites for hydroxylation is 2. The molecule has 130 valence electrons. The van der Waals surface area contributed by atoms with Gasteiger partial charge in [0.25, 0.3) is 0 Å². The van der Waals surface area contributed by atoms with E-state index in [2.05, 4.69) is 41.4 Å². The summed E-state index contributed by atoms with van der Waals surface area (Å²) < 4.78 is 9.36. The lowest BCUT2D eigenvalue weighted by Crippen LogP contribution is -2.31. The van der Waals surface area contributed by atoms with Crippen molar-refractivity contribution in [3.63, 3.8) is 0 Å². The number of esters is 1. The first kappa shape index (κ1) is 19.5. The van der Waals surface area contributed by atoms with Crippen LogP contribution in [0.3, 0.4) is 0 Å². The monoisotopic (exact) mass is 321 g/mol. The smallest absolute Gasteiger partial charge is 0.330 e. The average molecular weight is 321 g/mol. The molecule has 0 bridgehead atoms. The second-order valence-electron chi connectivity index (χ2n) is 6.09. The van der Waals surface area contributed by atoms with E-state index in [1.807, 2.05) is 0 Å². The summed E-state index contributed by atoms with van der Waals surface area (Å²) in [7, 11) is 0. The maximum absolute atomic E-state index is 10.9. The van der Waals surface area contributed by atoms with Gasteiger partial charge in [-0.1, -0.05) is 52.0 Å². The molecule has 0 atom stereocenters. The number of hydrogen-bond acceptors (Lipinski definition) is 2. The molecular weight excluding hydrogens is 288 g/mol. The Morgan fingerprint density at radius 2 is 1.83 bits per heavy atom. The minimum absolute atomic E-state index is 0.345. The van der Waals surface area contributed by atoms with E-state index >= 15 is 0 Å². The largest absolute Gasteiger partial charge is 0.462 e. The van der Waals surface area contributed by atoms with Crippen molar-refractivity contribution in [2.75, 3.05) is 6.61 Å². The molecular formula is C19H33N2O2+. The van der Waals surface area contributed by atoms with Gasteiger partial charge in [0.1, 0.15) is 12.4 Å². The van der Waals surface area contributed by atoms with Gasteiger partial charge in [-0.2, -0.15) is 0 Å². The topological polar surface area (TPSA) is 35.1 Å². The second-order valence-corrected chi connectivity index (χ2v) is 6.09. The zero-order valence-electron chi connectivity index (χ0n) is 14.7. The summed E-state index contributed by atoms with van der Waals surface area (Å²) in [5.74, 6) is -0.345. The van der Waals surface area contributed by atoms with Gasteiger partial charge in [-0.25, -0.2) is 13.9 Å². The zero-order chi connectivity index (χ0) is 16.8. The van der Waals surface area contributed by atoms with Gasteiger partial charge in [0.05, 0.1) is 19.7 Å². The summed E-state index contributed by atoms with van der Waals surface area (Å²) in [4.78, 5) is 10.9. The van der Waals surface area contributed by atoms with Gasteiger partial charge in [0.2, 0.25) is 6.33 Å². The van der Waals surface area contributed by atoms with Crippen LogP contribution in [-0.2, 0) is 22.6 Å². The van der Waals surface area contributed by atoms with Gasteiger partial charge in [-0.3, -0.25) is 0 Å². The molecule has 1 aromatic rings. The lowest BCUT2D eigenvalue weighted by molar-refractivity contribution is -0.697. The van der Waals surface area contributed by atoms with Crippen molar-refractivity contribution >= 4 is 5.97 Å². The van der Waals surface area contributed by atoms with Gasteiger partial charge in [-0.15, -0.1) is 0 Å². The van der Waals surface area contributed by atoms with Crippen LogP contribution < -0.4 is 4.57 Å². The molecule has 4 nitrogen and oxygen atoms in total. The lowest BCUT2D eigenvalue weighted by atomic mass is 10.1. The minimum atomic E-state index is -0.345. The van der Waals surface area contributed by atoms with E-state index in [9.17, 15) is 4.79 Å². The summed E-state index contributed by atoms with van der Waals surface area (Å²) in [6.45, 7) is 8.05. The average Bonchev–Trinajstić information content (AvgIpc) is 3.01. The summed E-state index contributed by atoms with van der Waals surface area (Å²) in [6.07, 6.45) is 19.2. The van der Waals surface area contributed by atoms with Crippen LogP contribution >= 0.6 is 0 Å². The molecule has 0 aliphatic heterocycles. The van der Waals surface area contributed by atoms with E-state index in [4.69, 9.17) is 4.74 Å². The highest BCUT2D eigenvalue weighted by Gasteiger charge is 2.04. The van der Waals surface area contributed by atoms with E-state index in [-0.39, 0.29) is 5.97 Å². The Hall–Kier alpha value is -1.58. The van der Waals surface area contributed by atoms with Gasteiger partial charge in [0, 0.05) is 12.5 Å². The molecule has 1 heterocycles. The van der Waals surface area contributed by atoms with Crippen molar-refractivity contribution in [1.82, 2.24) is 4.57 Å². The van der Waals surface area contributed by atoms with Crippen molar-refractivity contribution < 1.29 is 14.1 Å². The van der Waals surface area contributed by atoms with Gasteiger partial charge in [0.15, 0.2) is 0 Å². The van der Waals surface area contributed by atoms with Crippen molar-refractivity contribution in [1.29, 1.82) is 0 Å². The van der Waals surface area contributed by atoms with Crippen molar-refractivity contribution in [3.05, 3.63) is 31.4 Å². The Kier molecular flexibility index (Phi) is 10.9. The van der Waals surface area contributed by atoms with E-state index in [0.29, 0.717) is 6.61 Å². The fraction of sp³-hybridized carbons (Fsp3) is 0.684.